The molecule has 0 aromatic heterocycles. The van der Waals surface area contributed by atoms with Gasteiger partial charge in [0.2, 0.25) is 5.91 Å². The van der Waals surface area contributed by atoms with E-state index in [4.69, 9.17) is 0 Å². The molecule has 0 aliphatic heterocycles. The summed E-state index contributed by atoms with van der Waals surface area (Å²) in [5, 5.41) is 3.08. The van der Waals surface area contributed by atoms with Crippen LogP contribution in [0.3, 0.4) is 0 Å². The smallest absolute Gasteiger partial charge is 0.234 e. The third kappa shape index (κ3) is 5.91. The molecule has 0 heterocycles. The zero-order chi connectivity index (χ0) is 18.2. The second kappa shape index (κ2) is 9.23. The van der Waals surface area contributed by atoms with E-state index in [-0.39, 0.29) is 11.9 Å². The molecule has 2 rings (SSSR count). The van der Waals surface area contributed by atoms with Crippen LogP contribution in [0.5, 0.6) is 0 Å². The van der Waals surface area contributed by atoms with Gasteiger partial charge in [-0.15, -0.1) is 0 Å². The summed E-state index contributed by atoms with van der Waals surface area (Å²) in [4.78, 5) is 16.6. The van der Waals surface area contributed by atoms with Crippen molar-refractivity contribution >= 4 is 11.6 Å². The summed E-state index contributed by atoms with van der Waals surface area (Å²) >= 11 is 0. The molecule has 0 saturated heterocycles. The number of carbonyl (C=O) groups excluding carboxylic acids is 1. The van der Waals surface area contributed by atoms with Gasteiger partial charge in [-0.1, -0.05) is 49.4 Å². The summed E-state index contributed by atoms with van der Waals surface area (Å²) in [7, 11) is 4.07. The normalized spacial score (nSPS) is 12.0. The van der Waals surface area contributed by atoms with Crippen molar-refractivity contribution in [2.24, 2.45) is 0 Å². The van der Waals surface area contributed by atoms with E-state index in [0.717, 1.165) is 18.7 Å². The first-order valence-electron chi connectivity index (χ1n) is 8.82. The Bertz CT molecular complexity index is 653. The summed E-state index contributed by atoms with van der Waals surface area (Å²) in [6.45, 7) is 6.12. The van der Waals surface area contributed by atoms with E-state index in [1.54, 1.807) is 0 Å². The topological polar surface area (TPSA) is 35.6 Å². The quantitative estimate of drug-likeness (QED) is 0.800. The van der Waals surface area contributed by atoms with Crippen LogP contribution in [0.25, 0.3) is 0 Å². The van der Waals surface area contributed by atoms with Crippen LogP contribution >= 0.6 is 0 Å². The van der Waals surface area contributed by atoms with Crippen LogP contribution in [-0.2, 0) is 11.3 Å². The number of likely N-dealkylation sites (N-methyl/N-ethyl adjacent to an activating group) is 1. The SMILES string of the molecule is CCN(CC(=O)N[C@H](C)c1ccccc1)Cc1ccc(N(C)C)cc1. The van der Waals surface area contributed by atoms with E-state index in [0.29, 0.717) is 6.54 Å². The predicted octanol–water partition coefficient (Wildman–Crippen LogP) is 3.45. The summed E-state index contributed by atoms with van der Waals surface area (Å²) in [5.74, 6) is 0.0584. The Labute approximate surface area is 151 Å². The average Bonchev–Trinajstić information content (AvgIpc) is 2.62. The summed E-state index contributed by atoms with van der Waals surface area (Å²) in [6, 6.07) is 18.5. The lowest BCUT2D eigenvalue weighted by Gasteiger charge is -2.22. The number of amides is 1. The monoisotopic (exact) mass is 339 g/mol. The van der Waals surface area contributed by atoms with E-state index < -0.39 is 0 Å². The number of nitrogens with zero attached hydrogens (tertiary/aromatic N) is 2. The third-order valence-electron chi connectivity index (χ3n) is 4.35. The molecular formula is C21H29N3O. The Morgan fingerprint density at radius 1 is 1.04 bits per heavy atom. The Kier molecular flexibility index (Phi) is 7.02. The summed E-state index contributed by atoms with van der Waals surface area (Å²) < 4.78 is 0. The van der Waals surface area contributed by atoms with Gasteiger partial charge < -0.3 is 10.2 Å². The minimum absolute atomic E-state index is 0.0202. The van der Waals surface area contributed by atoms with Gasteiger partial charge in [-0.05, 0) is 36.7 Å². The molecule has 25 heavy (non-hydrogen) atoms. The highest BCUT2D eigenvalue weighted by atomic mass is 16.2. The molecule has 2 aromatic rings. The number of anilines is 1. The molecule has 0 unspecified atom stereocenters. The Balaban J connectivity index is 1.89. The highest BCUT2D eigenvalue weighted by Crippen LogP contribution is 2.14. The van der Waals surface area contributed by atoms with Crippen LogP contribution in [0, 0.1) is 0 Å². The fraction of sp³-hybridized carbons (Fsp3) is 0.381. The number of rotatable bonds is 8. The standard InChI is InChI=1S/C21H29N3O/c1-5-24(15-18-11-13-20(14-12-18)23(3)4)16-21(25)22-17(2)19-9-7-6-8-10-19/h6-14,17H,5,15-16H2,1-4H3,(H,22,25)/t17-/m1/s1. The van der Waals surface area contributed by atoms with Crippen molar-refractivity contribution in [1.82, 2.24) is 10.2 Å². The Morgan fingerprint density at radius 2 is 1.68 bits per heavy atom. The highest BCUT2D eigenvalue weighted by molar-refractivity contribution is 5.78. The molecule has 0 aliphatic carbocycles. The Hall–Kier alpha value is -2.33. The lowest BCUT2D eigenvalue weighted by atomic mass is 10.1. The molecule has 0 aliphatic rings. The molecular weight excluding hydrogens is 310 g/mol. The minimum Gasteiger partial charge on any atom is -0.378 e. The van der Waals surface area contributed by atoms with Gasteiger partial charge >= 0.3 is 0 Å². The molecule has 0 bridgehead atoms. The molecule has 0 radical (unpaired) electrons. The fourth-order valence-corrected chi connectivity index (χ4v) is 2.75. The van der Waals surface area contributed by atoms with Crippen LogP contribution in [0.4, 0.5) is 5.69 Å². The first-order valence-corrected chi connectivity index (χ1v) is 8.82. The van der Waals surface area contributed by atoms with Gasteiger partial charge in [0.25, 0.3) is 0 Å². The van der Waals surface area contributed by atoms with Gasteiger partial charge in [-0.3, -0.25) is 9.69 Å². The molecule has 1 atom stereocenters. The predicted molar refractivity (Wildman–Crippen MR) is 105 cm³/mol. The van der Waals surface area contributed by atoms with Crippen molar-refractivity contribution in [3.63, 3.8) is 0 Å². The van der Waals surface area contributed by atoms with Crippen molar-refractivity contribution in [2.75, 3.05) is 32.1 Å². The molecule has 1 amide bonds. The molecule has 0 spiro atoms. The van der Waals surface area contributed by atoms with E-state index in [2.05, 4.69) is 46.3 Å². The highest BCUT2D eigenvalue weighted by Gasteiger charge is 2.13. The first kappa shape index (κ1) is 19.0. The molecule has 134 valence electrons. The van der Waals surface area contributed by atoms with Crippen molar-refractivity contribution in [3.05, 3.63) is 65.7 Å². The third-order valence-corrected chi connectivity index (χ3v) is 4.35. The molecule has 1 N–H and O–H groups in total. The van der Waals surface area contributed by atoms with Gasteiger partial charge in [0.15, 0.2) is 0 Å². The maximum Gasteiger partial charge on any atom is 0.234 e. The van der Waals surface area contributed by atoms with Crippen LogP contribution in [-0.4, -0.2) is 38.0 Å². The zero-order valence-corrected chi connectivity index (χ0v) is 15.7. The van der Waals surface area contributed by atoms with Gasteiger partial charge in [0.1, 0.15) is 0 Å². The van der Waals surface area contributed by atoms with Crippen molar-refractivity contribution < 1.29 is 4.79 Å². The summed E-state index contributed by atoms with van der Waals surface area (Å²) in [5.41, 5.74) is 3.52. The fourth-order valence-electron chi connectivity index (χ4n) is 2.75. The van der Waals surface area contributed by atoms with E-state index in [1.807, 2.05) is 51.4 Å². The summed E-state index contributed by atoms with van der Waals surface area (Å²) in [6.07, 6.45) is 0. The Morgan fingerprint density at radius 3 is 2.24 bits per heavy atom. The van der Waals surface area contributed by atoms with Gasteiger partial charge in [-0.25, -0.2) is 0 Å². The van der Waals surface area contributed by atoms with Crippen molar-refractivity contribution in [3.8, 4) is 0 Å². The van der Waals surface area contributed by atoms with Crippen LogP contribution in [0.2, 0.25) is 0 Å². The van der Waals surface area contributed by atoms with Crippen LogP contribution < -0.4 is 10.2 Å². The molecule has 4 nitrogen and oxygen atoms in total. The number of carbonyl (C=O) groups is 1. The second-order valence-corrected chi connectivity index (χ2v) is 6.56. The maximum absolute atomic E-state index is 12.4. The number of benzene rings is 2. The maximum atomic E-state index is 12.4. The van der Waals surface area contributed by atoms with Gasteiger partial charge in [0, 0.05) is 26.3 Å². The van der Waals surface area contributed by atoms with Gasteiger partial charge in [-0.2, -0.15) is 0 Å². The largest absolute Gasteiger partial charge is 0.378 e. The lowest BCUT2D eigenvalue weighted by Crippen LogP contribution is -2.37. The van der Waals surface area contributed by atoms with Crippen LogP contribution in [0.1, 0.15) is 31.0 Å². The number of nitrogens with one attached hydrogen (secondary N) is 1. The molecule has 0 saturated carbocycles. The zero-order valence-electron chi connectivity index (χ0n) is 15.7. The van der Waals surface area contributed by atoms with E-state index >= 15 is 0 Å². The van der Waals surface area contributed by atoms with Crippen LogP contribution in [0.15, 0.2) is 54.6 Å². The molecule has 4 heteroatoms. The van der Waals surface area contributed by atoms with E-state index in [1.165, 1.54) is 11.3 Å². The number of hydrogen-bond donors (Lipinski definition) is 1. The molecule has 2 aromatic carbocycles. The second-order valence-electron chi connectivity index (χ2n) is 6.56. The lowest BCUT2D eigenvalue weighted by molar-refractivity contribution is -0.123. The number of hydrogen-bond acceptors (Lipinski definition) is 3. The van der Waals surface area contributed by atoms with Gasteiger partial charge in [0.05, 0.1) is 12.6 Å². The first-order chi connectivity index (χ1) is 12.0. The minimum atomic E-state index is 0.0202. The molecule has 0 fully saturated rings. The average molecular weight is 339 g/mol. The van der Waals surface area contributed by atoms with Crippen molar-refractivity contribution in [1.29, 1.82) is 0 Å². The van der Waals surface area contributed by atoms with E-state index in [9.17, 15) is 4.79 Å². The van der Waals surface area contributed by atoms with Crippen molar-refractivity contribution in [2.45, 2.75) is 26.4 Å².